The molecule has 0 fully saturated rings. The third kappa shape index (κ3) is 3.56. The highest BCUT2D eigenvalue weighted by Crippen LogP contribution is 2.62. The van der Waals surface area contributed by atoms with E-state index in [0.29, 0.717) is 0 Å². The van der Waals surface area contributed by atoms with E-state index in [1.54, 1.807) is 0 Å². The fourth-order valence-electron chi connectivity index (χ4n) is 9.75. The zero-order valence-corrected chi connectivity index (χ0v) is 27.5. The Hall–Kier alpha value is -6.18. The maximum atomic E-state index is 2.52. The molecule has 11 rings (SSSR count). The van der Waals surface area contributed by atoms with Crippen molar-refractivity contribution in [3.63, 3.8) is 0 Å². The molecule has 0 saturated heterocycles. The molecule has 1 nitrogen and oxygen atoms in total. The van der Waals surface area contributed by atoms with Crippen LogP contribution in [0.4, 0.5) is 17.1 Å². The van der Waals surface area contributed by atoms with E-state index in [0.717, 1.165) is 0 Å². The molecule has 3 aliphatic carbocycles. The Morgan fingerprint density at radius 1 is 0.360 bits per heavy atom. The van der Waals surface area contributed by atoms with Crippen molar-refractivity contribution in [2.45, 2.75) is 17.3 Å². The predicted octanol–water partition coefficient (Wildman–Crippen LogP) is 12.5. The van der Waals surface area contributed by atoms with Gasteiger partial charge in [0.25, 0.3) is 0 Å². The number of hydrogen-bond donors (Lipinski definition) is 0. The minimum atomic E-state index is -0.484. The number of nitrogens with zero attached hydrogens (tertiary/aromatic N) is 1. The average molecular weight is 636 g/mol. The van der Waals surface area contributed by atoms with Crippen LogP contribution in [-0.4, -0.2) is 0 Å². The molecule has 2 unspecified atom stereocenters. The molecular formula is C49H33N. The van der Waals surface area contributed by atoms with Crippen molar-refractivity contribution in [3.05, 3.63) is 221 Å². The van der Waals surface area contributed by atoms with Gasteiger partial charge in [-0.1, -0.05) is 164 Å². The molecule has 7 aromatic rings. The maximum absolute atomic E-state index is 2.52. The monoisotopic (exact) mass is 635 g/mol. The number of rotatable bonds is 1. The molecule has 0 saturated carbocycles. The summed E-state index contributed by atoms with van der Waals surface area (Å²) in [6.07, 6.45) is 9.30. The minimum absolute atomic E-state index is 0.263. The molecule has 1 heterocycles. The van der Waals surface area contributed by atoms with Gasteiger partial charge in [0.05, 0.1) is 16.8 Å². The molecule has 0 bridgehead atoms. The van der Waals surface area contributed by atoms with E-state index in [1.165, 1.54) is 83.8 Å². The zero-order chi connectivity index (χ0) is 32.8. The second-order valence-corrected chi connectivity index (χ2v) is 13.9. The van der Waals surface area contributed by atoms with Crippen LogP contribution in [0.15, 0.2) is 188 Å². The fourth-order valence-corrected chi connectivity index (χ4v) is 9.75. The molecule has 0 aromatic heterocycles. The van der Waals surface area contributed by atoms with Crippen LogP contribution in [0.5, 0.6) is 0 Å². The highest BCUT2D eigenvalue weighted by molar-refractivity contribution is 6.03. The van der Waals surface area contributed by atoms with Crippen LogP contribution in [-0.2, 0) is 5.41 Å². The van der Waals surface area contributed by atoms with E-state index in [1.807, 2.05) is 0 Å². The van der Waals surface area contributed by atoms with Gasteiger partial charge < -0.3 is 4.90 Å². The van der Waals surface area contributed by atoms with Gasteiger partial charge in [0.2, 0.25) is 0 Å². The summed E-state index contributed by atoms with van der Waals surface area (Å²) < 4.78 is 0. The van der Waals surface area contributed by atoms with Gasteiger partial charge >= 0.3 is 0 Å². The summed E-state index contributed by atoms with van der Waals surface area (Å²) in [5.74, 6) is 0.526. The molecule has 0 radical (unpaired) electrons. The second-order valence-electron chi connectivity index (χ2n) is 13.9. The Kier molecular flexibility index (Phi) is 5.77. The molecule has 7 aromatic carbocycles. The van der Waals surface area contributed by atoms with Crippen molar-refractivity contribution in [1.29, 1.82) is 0 Å². The van der Waals surface area contributed by atoms with E-state index >= 15 is 0 Å². The van der Waals surface area contributed by atoms with Crippen LogP contribution < -0.4 is 4.90 Å². The first-order valence-corrected chi connectivity index (χ1v) is 17.7. The Labute approximate surface area is 293 Å². The van der Waals surface area contributed by atoms with E-state index in [9.17, 15) is 0 Å². The number of hydrogen-bond acceptors (Lipinski definition) is 1. The molecule has 4 aliphatic rings. The number of anilines is 3. The van der Waals surface area contributed by atoms with Gasteiger partial charge in [-0.2, -0.15) is 0 Å². The lowest BCUT2D eigenvalue weighted by Crippen LogP contribution is -2.30. The van der Waals surface area contributed by atoms with Crippen molar-refractivity contribution in [2.75, 3.05) is 4.90 Å². The lowest BCUT2D eigenvalue weighted by molar-refractivity contribution is 0.732. The molecule has 0 N–H and O–H groups in total. The summed E-state index contributed by atoms with van der Waals surface area (Å²) in [4.78, 5) is 2.50. The summed E-state index contributed by atoms with van der Waals surface area (Å²) in [7, 11) is 0. The van der Waals surface area contributed by atoms with Crippen molar-refractivity contribution < 1.29 is 0 Å². The summed E-state index contributed by atoms with van der Waals surface area (Å²) in [6.45, 7) is 0. The van der Waals surface area contributed by atoms with Gasteiger partial charge in [0, 0.05) is 28.7 Å². The number of benzene rings is 7. The Bertz CT molecular complexity index is 2460. The average Bonchev–Trinajstić information content (AvgIpc) is 3.34. The Balaban J connectivity index is 1.26. The quantitative estimate of drug-likeness (QED) is 0.173. The van der Waals surface area contributed by atoms with Crippen LogP contribution in [0.2, 0.25) is 0 Å². The third-order valence-electron chi connectivity index (χ3n) is 11.7. The van der Waals surface area contributed by atoms with Crippen LogP contribution in [0, 0.1) is 0 Å². The van der Waals surface area contributed by atoms with Crippen LogP contribution in [0.3, 0.4) is 0 Å². The Morgan fingerprint density at radius 2 is 0.800 bits per heavy atom. The molecule has 234 valence electrons. The first-order chi connectivity index (χ1) is 24.8. The van der Waals surface area contributed by atoms with Gasteiger partial charge in [-0.15, -0.1) is 0 Å². The van der Waals surface area contributed by atoms with Crippen molar-refractivity contribution in [1.82, 2.24) is 0 Å². The van der Waals surface area contributed by atoms with Crippen LogP contribution in [0.25, 0.3) is 33.4 Å². The molecule has 1 heteroatoms. The predicted molar refractivity (Wildman–Crippen MR) is 207 cm³/mol. The topological polar surface area (TPSA) is 3.24 Å². The maximum Gasteiger partial charge on any atom is 0.0720 e. The lowest BCUT2D eigenvalue weighted by atomic mass is 9.66. The second kappa shape index (κ2) is 10.4. The van der Waals surface area contributed by atoms with E-state index in [2.05, 4.69) is 193 Å². The largest absolute Gasteiger partial charge is 0.309 e. The SMILES string of the molecule is C1=CC2c3ccccc3C3(c4ccccc4-c4ccc(N5c6ccccc6-c6ccccc6-c6ccccc65)cc43)c3ccccc3C2C=C1. The van der Waals surface area contributed by atoms with Gasteiger partial charge in [-0.25, -0.2) is 0 Å². The summed E-state index contributed by atoms with van der Waals surface area (Å²) >= 11 is 0. The number of para-hydroxylation sites is 2. The van der Waals surface area contributed by atoms with Crippen LogP contribution >= 0.6 is 0 Å². The summed E-state index contributed by atoms with van der Waals surface area (Å²) in [5, 5.41) is 0. The summed E-state index contributed by atoms with van der Waals surface area (Å²) in [5.41, 5.74) is 19.0. The van der Waals surface area contributed by atoms with Gasteiger partial charge in [0.1, 0.15) is 0 Å². The number of fused-ring (bicyclic) bond motifs is 17. The lowest BCUT2D eigenvalue weighted by Gasteiger charge is -2.36. The molecular weight excluding hydrogens is 603 g/mol. The van der Waals surface area contributed by atoms with E-state index < -0.39 is 5.41 Å². The fraction of sp³-hybridized carbons (Fsp3) is 0.0612. The van der Waals surface area contributed by atoms with Crippen molar-refractivity contribution >= 4 is 17.1 Å². The summed E-state index contributed by atoms with van der Waals surface area (Å²) in [6, 6.07) is 61.6. The van der Waals surface area contributed by atoms with E-state index in [-0.39, 0.29) is 11.8 Å². The van der Waals surface area contributed by atoms with Crippen molar-refractivity contribution in [3.8, 4) is 33.4 Å². The van der Waals surface area contributed by atoms with Crippen LogP contribution in [0.1, 0.15) is 45.2 Å². The highest BCUT2D eigenvalue weighted by Gasteiger charge is 2.51. The highest BCUT2D eigenvalue weighted by atomic mass is 15.1. The van der Waals surface area contributed by atoms with Gasteiger partial charge in [-0.05, 0) is 79.9 Å². The molecule has 2 atom stereocenters. The first-order valence-electron chi connectivity index (χ1n) is 17.7. The molecule has 1 aliphatic heterocycles. The zero-order valence-electron chi connectivity index (χ0n) is 27.5. The van der Waals surface area contributed by atoms with Gasteiger partial charge in [0.15, 0.2) is 0 Å². The molecule has 50 heavy (non-hydrogen) atoms. The van der Waals surface area contributed by atoms with Crippen molar-refractivity contribution in [2.24, 2.45) is 0 Å². The normalized spacial score (nSPS) is 19.9. The molecule has 0 amide bonds. The first kappa shape index (κ1) is 27.7. The Morgan fingerprint density at radius 3 is 1.38 bits per heavy atom. The number of allylic oxidation sites excluding steroid dienone is 4. The molecule has 1 spiro atoms. The minimum Gasteiger partial charge on any atom is -0.309 e. The standard InChI is InChI=1S/C49H33N/c1-2-16-34-33(15-1)37-19-5-10-24-43(37)49(44-25-11-6-20-38(34)44)45-26-12-7-21-39(45)40-30-29-32(31-46(40)49)50-47-27-13-8-22-41(47)35-17-3-4-18-36(35)42-23-9-14-28-48(42)50/h1-31,33-34H. The van der Waals surface area contributed by atoms with E-state index in [4.69, 9.17) is 0 Å². The third-order valence-corrected chi connectivity index (χ3v) is 11.7. The smallest absolute Gasteiger partial charge is 0.0720 e. The van der Waals surface area contributed by atoms with Gasteiger partial charge in [-0.3, -0.25) is 0 Å².